The largest absolute Gasteiger partial charge is 0.339 e. The molecule has 3 heterocycles. The lowest BCUT2D eigenvalue weighted by atomic mass is 10.1. The minimum atomic E-state index is -0.192. The molecule has 1 aliphatic rings. The maximum atomic E-state index is 12.9. The van der Waals surface area contributed by atoms with Gasteiger partial charge in [-0.3, -0.25) is 14.4 Å². The average molecular weight is 455 g/mol. The highest BCUT2D eigenvalue weighted by molar-refractivity contribution is 7.12. The second kappa shape index (κ2) is 9.40. The van der Waals surface area contributed by atoms with Gasteiger partial charge in [0.1, 0.15) is 5.01 Å². The van der Waals surface area contributed by atoms with Gasteiger partial charge in [0.05, 0.1) is 11.3 Å². The number of hydrogen-bond acceptors (Lipinski definition) is 6. The molecule has 0 bridgehead atoms. The smallest absolute Gasteiger partial charge is 0.265 e. The van der Waals surface area contributed by atoms with Crippen LogP contribution in [0.4, 0.5) is 5.69 Å². The summed E-state index contributed by atoms with van der Waals surface area (Å²) >= 11 is 2.86. The lowest BCUT2D eigenvalue weighted by molar-refractivity contribution is -0.131. The summed E-state index contributed by atoms with van der Waals surface area (Å²) in [6, 6.07) is 10.5. The van der Waals surface area contributed by atoms with Crippen molar-refractivity contribution < 1.29 is 14.4 Å². The van der Waals surface area contributed by atoms with Gasteiger partial charge in [0.25, 0.3) is 11.8 Å². The highest BCUT2D eigenvalue weighted by atomic mass is 32.1. The van der Waals surface area contributed by atoms with Gasteiger partial charge in [-0.2, -0.15) is 0 Å². The van der Waals surface area contributed by atoms with Crippen LogP contribution in [0.5, 0.6) is 0 Å². The molecular formula is C22H22N4O3S2. The van der Waals surface area contributed by atoms with E-state index in [0.717, 1.165) is 10.7 Å². The Labute approximate surface area is 188 Å². The molecule has 1 N–H and O–H groups in total. The first kappa shape index (κ1) is 21.2. The van der Waals surface area contributed by atoms with Crippen molar-refractivity contribution in [2.24, 2.45) is 0 Å². The van der Waals surface area contributed by atoms with Crippen LogP contribution in [0, 0.1) is 6.92 Å². The molecule has 2 aromatic heterocycles. The number of aromatic nitrogens is 1. The third-order valence-electron chi connectivity index (χ3n) is 5.00. The number of thiophene rings is 1. The zero-order chi connectivity index (χ0) is 21.8. The van der Waals surface area contributed by atoms with Crippen molar-refractivity contribution in [2.45, 2.75) is 13.3 Å². The second-order valence-electron chi connectivity index (χ2n) is 7.24. The fourth-order valence-electron chi connectivity index (χ4n) is 3.40. The summed E-state index contributed by atoms with van der Waals surface area (Å²) in [4.78, 5) is 46.2. The molecule has 1 aromatic carbocycles. The molecule has 1 aliphatic heterocycles. The number of nitrogens with one attached hydrogen (secondary N) is 1. The van der Waals surface area contributed by atoms with Crippen LogP contribution >= 0.6 is 22.7 Å². The van der Waals surface area contributed by atoms with Crippen LogP contribution in [0.25, 0.3) is 0 Å². The van der Waals surface area contributed by atoms with E-state index in [1.54, 1.807) is 40.1 Å². The molecule has 0 aliphatic carbocycles. The van der Waals surface area contributed by atoms with Crippen LogP contribution in [0.1, 0.15) is 30.7 Å². The molecule has 4 rings (SSSR count). The maximum absolute atomic E-state index is 12.9. The number of nitrogens with zero attached hydrogens (tertiary/aromatic N) is 3. The minimum Gasteiger partial charge on any atom is -0.339 e. The predicted molar refractivity (Wildman–Crippen MR) is 122 cm³/mol. The van der Waals surface area contributed by atoms with E-state index < -0.39 is 0 Å². The van der Waals surface area contributed by atoms with Gasteiger partial charge in [0.15, 0.2) is 0 Å². The zero-order valence-corrected chi connectivity index (χ0v) is 18.7. The minimum absolute atomic E-state index is 0.0414. The van der Waals surface area contributed by atoms with Gasteiger partial charge in [-0.1, -0.05) is 12.1 Å². The van der Waals surface area contributed by atoms with Crippen molar-refractivity contribution in [3.05, 3.63) is 68.3 Å². The summed E-state index contributed by atoms with van der Waals surface area (Å²) in [5, 5.41) is 7.44. The van der Waals surface area contributed by atoms with Crippen molar-refractivity contribution in [3.8, 4) is 0 Å². The Morgan fingerprint density at radius 3 is 2.48 bits per heavy atom. The van der Waals surface area contributed by atoms with Crippen LogP contribution in [0.15, 0.2) is 47.2 Å². The summed E-state index contributed by atoms with van der Waals surface area (Å²) in [6.45, 7) is 3.88. The van der Waals surface area contributed by atoms with E-state index >= 15 is 0 Å². The Bertz CT molecular complexity index is 1090. The molecule has 0 saturated carbocycles. The number of benzene rings is 1. The van der Waals surface area contributed by atoms with Crippen molar-refractivity contribution in [2.75, 3.05) is 31.5 Å². The van der Waals surface area contributed by atoms with Crippen molar-refractivity contribution in [3.63, 3.8) is 0 Å². The van der Waals surface area contributed by atoms with Crippen LogP contribution in [-0.4, -0.2) is 58.7 Å². The number of carbonyl (C=O) groups is 3. The Balaban J connectivity index is 1.33. The molecule has 3 aromatic rings. The van der Waals surface area contributed by atoms with Gasteiger partial charge in [-0.15, -0.1) is 22.7 Å². The zero-order valence-electron chi connectivity index (χ0n) is 17.0. The van der Waals surface area contributed by atoms with Crippen molar-refractivity contribution in [1.82, 2.24) is 14.8 Å². The molecule has 9 heteroatoms. The number of aryl methyl sites for hydroxylation is 1. The van der Waals surface area contributed by atoms with Gasteiger partial charge >= 0.3 is 0 Å². The third kappa shape index (κ3) is 5.18. The Kier molecular flexibility index (Phi) is 6.43. The summed E-state index contributed by atoms with van der Waals surface area (Å²) in [5.41, 5.74) is 2.02. The summed E-state index contributed by atoms with van der Waals surface area (Å²) in [5.74, 6) is -0.253. The van der Waals surface area contributed by atoms with Gasteiger partial charge in [0, 0.05) is 48.5 Å². The van der Waals surface area contributed by atoms with Crippen molar-refractivity contribution >= 4 is 46.1 Å². The van der Waals surface area contributed by atoms with E-state index in [9.17, 15) is 14.4 Å². The van der Waals surface area contributed by atoms with Crippen molar-refractivity contribution in [1.29, 1.82) is 0 Å². The third-order valence-corrected chi connectivity index (χ3v) is 6.84. The lowest BCUT2D eigenvalue weighted by Crippen LogP contribution is -2.51. The maximum Gasteiger partial charge on any atom is 0.265 e. The SMILES string of the molecule is Cc1csc(CC(=O)N2CCN(C(=O)c3cccc(NC(=O)c4cccs4)c3)CC2)n1. The van der Waals surface area contributed by atoms with Crippen LogP contribution in [-0.2, 0) is 11.2 Å². The molecule has 0 unspecified atom stereocenters. The monoisotopic (exact) mass is 454 g/mol. The number of anilines is 1. The first-order valence-corrected chi connectivity index (χ1v) is 11.7. The fraction of sp³-hybridized carbons (Fsp3) is 0.273. The Morgan fingerprint density at radius 1 is 1.03 bits per heavy atom. The lowest BCUT2D eigenvalue weighted by Gasteiger charge is -2.34. The number of rotatable bonds is 5. The standard InChI is InChI=1S/C22H22N4O3S2/c1-15-14-31-19(23-15)13-20(27)25-7-9-26(10-8-25)22(29)16-4-2-5-17(12-16)24-21(28)18-6-3-11-30-18/h2-6,11-12,14H,7-10,13H2,1H3,(H,24,28). The number of carbonyl (C=O) groups excluding carboxylic acids is 3. The molecule has 31 heavy (non-hydrogen) atoms. The predicted octanol–water partition coefficient (Wildman–Crippen LogP) is 3.29. The number of thiazole rings is 1. The van der Waals surface area contributed by atoms with Gasteiger partial charge < -0.3 is 15.1 Å². The number of piperazine rings is 1. The van der Waals surface area contributed by atoms with E-state index in [4.69, 9.17) is 0 Å². The molecule has 160 valence electrons. The van der Waals surface area contributed by atoms with E-state index in [1.165, 1.54) is 22.7 Å². The molecule has 3 amide bonds. The molecule has 1 fully saturated rings. The highest BCUT2D eigenvalue weighted by Crippen LogP contribution is 2.17. The normalized spacial score (nSPS) is 13.8. The van der Waals surface area contributed by atoms with E-state index in [-0.39, 0.29) is 17.7 Å². The Morgan fingerprint density at radius 2 is 1.81 bits per heavy atom. The van der Waals surface area contributed by atoms with Gasteiger partial charge in [0.2, 0.25) is 5.91 Å². The summed E-state index contributed by atoms with van der Waals surface area (Å²) in [6.07, 6.45) is 0.304. The van der Waals surface area contributed by atoms with E-state index in [2.05, 4.69) is 10.3 Å². The molecule has 0 atom stereocenters. The summed E-state index contributed by atoms with van der Waals surface area (Å²) in [7, 11) is 0. The number of hydrogen-bond donors (Lipinski definition) is 1. The first-order valence-electron chi connectivity index (χ1n) is 9.92. The van der Waals surface area contributed by atoms with E-state index in [1.807, 2.05) is 23.8 Å². The quantitative estimate of drug-likeness (QED) is 0.641. The molecule has 7 nitrogen and oxygen atoms in total. The molecule has 0 spiro atoms. The summed E-state index contributed by atoms with van der Waals surface area (Å²) < 4.78 is 0. The highest BCUT2D eigenvalue weighted by Gasteiger charge is 2.25. The fourth-order valence-corrected chi connectivity index (χ4v) is 4.78. The molecule has 0 radical (unpaired) electrons. The topological polar surface area (TPSA) is 82.6 Å². The van der Waals surface area contributed by atoms with Gasteiger partial charge in [-0.05, 0) is 36.6 Å². The first-order chi connectivity index (χ1) is 15.0. The average Bonchev–Trinajstić information content (AvgIpc) is 3.45. The Hall–Kier alpha value is -3.04. The van der Waals surface area contributed by atoms with Crippen LogP contribution in [0.2, 0.25) is 0 Å². The number of amides is 3. The van der Waals surface area contributed by atoms with E-state index in [0.29, 0.717) is 48.7 Å². The van der Waals surface area contributed by atoms with Gasteiger partial charge in [-0.25, -0.2) is 4.98 Å². The second-order valence-corrected chi connectivity index (χ2v) is 9.13. The van der Waals surface area contributed by atoms with Crippen LogP contribution in [0.3, 0.4) is 0 Å². The molecule has 1 saturated heterocycles. The van der Waals surface area contributed by atoms with Crippen LogP contribution < -0.4 is 5.32 Å². The molecular weight excluding hydrogens is 432 g/mol.